The Balaban J connectivity index is 1.99. The Morgan fingerprint density at radius 1 is 1.04 bits per heavy atom. The van der Waals surface area contributed by atoms with E-state index in [0.29, 0.717) is 6.42 Å². The molecule has 1 saturated heterocycles. The van der Waals surface area contributed by atoms with Crippen LogP contribution in [0.15, 0.2) is 54.6 Å². The van der Waals surface area contributed by atoms with E-state index >= 15 is 0 Å². The molecule has 0 atom stereocenters. The lowest BCUT2D eigenvalue weighted by atomic mass is 9.90. The third kappa shape index (κ3) is 2.23. The first-order valence-electron chi connectivity index (χ1n) is 8.47. The quantitative estimate of drug-likeness (QED) is 0.788. The largest absolute Gasteiger partial charge is 0.281 e. The smallest absolute Gasteiger partial charge is 0.243 e. The lowest BCUT2D eigenvalue weighted by Crippen LogP contribution is -2.51. The maximum Gasteiger partial charge on any atom is 0.243 e. The van der Waals surface area contributed by atoms with Crippen LogP contribution in [0.25, 0.3) is 5.57 Å². The first-order chi connectivity index (χ1) is 11.5. The van der Waals surface area contributed by atoms with Crippen LogP contribution in [-0.2, 0) is 4.79 Å². The van der Waals surface area contributed by atoms with Crippen LogP contribution in [0, 0.1) is 6.92 Å². The van der Waals surface area contributed by atoms with Gasteiger partial charge in [0.05, 0.1) is 11.2 Å². The van der Waals surface area contributed by atoms with Gasteiger partial charge in [0.15, 0.2) is 0 Å². The van der Waals surface area contributed by atoms with Crippen LogP contribution in [0.2, 0.25) is 0 Å². The molecule has 3 heteroatoms. The zero-order chi connectivity index (χ0) is 16.9. The SMILES string of the molecule is Cc1cccc(C2=CC(C)(C)N3C(=O)CCN3c3ccccc32)c1. The number of carbonyl (C=O) groups excluding carboxylic acids is 1. The lowest BCUT2D eigenvalue weighted by Gasteiger charge is -2.39. The number of hydrazine groups is 1. The molecule has 0 spiro atoms. The molecule has 2 aromatic carbocycles. The van der Waals surface area contributed by atoms with E-state index in [1.165, 1.54) is 22.3 Å². The number of aryl methyl sites for hydroxylation is 1. The molecule has 0 aliphatic carbocycles. The van der Waals surface area contributed by atoms with Crippen LogP contribution >= 0.6 is 0 Å². The summed E-state index contributed by atoms with van der Waals surface area (Å²) in [4.78, 5) is 12.5. The highest BCUT2D eigenvalue weighted by atomic mass is 16.2. The van der Waals surface area contributed by atoms with Gasteiger partial charge >= 0.3 is 0 Å². The zero-order valence-electron chi connectivity index (χ0n) is 14.4. The van der Waals surface area contributed by atoms with Gasteiger partial charge in [0.1, 0.15) is 0 Å². The predicted octanol–water partition coefficient (Wildman–Crippen LogP) is 4.17. The van der Waals surface area contributed by atoms with Crippen LogP contribution < -0.4 is 5.01 Å². The van der Waals surface area contributed by atoms with Crippen molar-refractivity contribution in [2.45, 2.75) is 32.7 Å². The van der Waals surface area contributed by atoms with Crippen molar-refractivity contribution in [2.75, 3.05) is 11.6 Å². The fourth-order valence-corrected chi connectivity index (χ4v) is 3.87. The van der Waals surface area contributed by atoms with E-state index in [0.717, 1.165) is 12.2 Å². The Kier molecular flexibility index (Phi) is 3.27. The lowest BCUT2D eigenvalue weighted by molar-refractivity contribution is -0.131. The van der Waals surface area contributed by atoms with Crippen LogP contribution in [0.5, 0.6) is 0 Å². The average Bonchev–Trinajstić information content (AvgIpc) is 2.91. The molecular weight excluding hydrogens is 296 g/mol. The molecule has 4 rings (SSSR count). The first-order valence-corrected chi connectivity index (χ1v) is 8.47. The highest BCUT2D eigenvalue weighted by Gasteiger charge is 2.42. The van der Waals surface area contributed by atoms with Gasteiger partial charge in [0.2, 0.25) is 5.91 Å². The normalized spacial score (nSPS) is 18.8. The van der Waals surface area contributed by atoms with Gasteiger partial charge < -0.3 is 0 Å². The molecule has 0 unspecified atom stereocenters. The molecule has 0 N–H and O–H groups in total. The minimum atomic E-state index is -0.369. The van der Waals surface area contributed by atoms with Gasteiger partial charge in [-0.25, -0.2) is 5.01 Å². The molecule has 24 heavy (non-hydrogen) atoms. The Morgan fingerprint density at radius 3 is 2.62 bits per heavy atom. The molecule has 122 valence electrons. The van der Waals surface area contributed by atoms with E-state index in [1.54, 1.807) is 0 Å². The molecule has 2 aliphatic rings. The van der Waals surface area contributed by atoms with Gasteiger partial charge in [-0.1, -0.05) is 48.0 Å². The van der Waals surface area contributed by atoms with Crippen molar-refractivity contribution in [1.29, 1.82) is 0 Å². The highest BCUT2D eigenvalue weighted by Crippen LogP contribution is 2.41. The van der Waals surface area contributed by atoms with E-state index in [2.05, 4.69) is 74.3 Å². The maximum absolute atomic E-state index is 12.5. The number of hydrogen-bond donors (Lipinski definition) is 0. The standard InChI is InChI=1S/C21H22N2O/c1-15-7-6-8-16(13-15)18-14-21(2,3)23-20(24)11-12-22(23)19-10-5-4-9-17(18)19/h4-10,13-14H,11-12H2,1-3H3. The second-order valence-corrected chi connectivity index (χ2v) is 7.18. The first kappa shape index (κ1) is 15.0. The number of amides is 1. The van der Waals surface area contributed by atoms with Crippen molar-refractivity contribution >= 4 is 17.2 Å². The number of benzene rings is 2. The molecular formula is C21H22N2O. The molecule has 1 amide bonds. The van der Waals surface area contributed by atoms with Gasteiger partial charge in [0, 0.05) is 18.5 Å². The van der Waals surface area contributed by atoms with Gasteiger partial charge in [0.25, 0.3) is 0 Å². The molecule has 0 radical (unpaired) electrons. The summed E-state index contributed by atoms with van der Waals surface area (Å²) in [5.74, 6) is 0.191. The van der Waals surface area contributed by atoms with Gasteiger partial charge in [-0.05, 0) is 44.1 Å². The molecule has 0 aromatic heterocycles. The molecule has 3 nitrogen and oxygen atoms in total. The predicted molar refractivity (Wildman–Crippen MR) is 97.6 cm³/mol. The maximum atomic E-state index is 12.5. The number of anilines is 1. The highest BCUT2D eigenvalue weighted by molar-refractivity contribution is 5.92. The van der Waals surface area contributed by atoms with Gasteiger partial charge in [-0.3, -0.25) is 9.80 Å². The summed E-state index contributed by atoms with van der Waals surface area (Å²) in [7, 11) is 0. The Bertz CT molecular complexity index is 850. The number of rotatable bonds is 1. The molecule has 1 fully saturated rings. The average molecular weight is 318 g/mol. The minimum absolute atomic E-state index is 0.191. The van der Waals surface area contributed by atoms with Crippen LogP contribution in [0.4, 0.5) is 5.69 Å². The molecule has 0 bridgehead atoms. The molecule has 0 saturated carbocycles. The van der Waals surface area contributed by atoms with E-state index in [-0.39, 0.29) is 11.4 Å². The van der Waals surface area contributed by atoms with E-state index in [9.17, 15) is 4.79 Å². The van der Waals surface area contributed by atoms with E-state index < -0.39 is 0 Å². The number of fused-ring (bicyclic) bond motifs is 3. The summed E-state index contributed by atoms with van der Waals surface area (Å²) in [5.41, 5.74) is 5.57. The van der Waals surface area contributed by atoms with Crippen LogP contribution in [0.1, 0.15) is 37.0 Å². The monoisotopic (exact) mass is 318 g/mol. The summed E-state index contributed by atoms with van der Waals surface area (Å²) < 4.78 is 0. The van der Waals surface area contributed by atoms with Crippen molar-refractivity contribution in [3.63, 3.8) is 0 Å². The third-order valence-corrected chi connectivity index (χ3v) is 4.86. The van der Waals surface area contributed by atoms with Crippen molar-refractivity contribution in [3.05, 3.63) is 71.3 Å². The summed E-state index contributed by atoms with van der Waals surface area (Å²) in [6.45, 7) is 7.09. The number of carbonyl (C=O) groups is 1. The fourth-order valence-electron chi connectivity index (χ4n) is 3.87. The summed E-state index contributed by atoms with van der Waals surface area (Å²) in [5, 5.41) is 4.07. The second-order valence-electron chi connectivity index (χ2n) is 7.18. The fraction of sp³-hybridized carbons (Fsp3) is 0.286. The Labute approximate surface area is 143 Å². The molecule has 2 heterocycles. The van der Waals surface area contributed by atoms with Crippen molar-refractivity contribution in [1.82, 2.24) is 5.01 Å². The van der Waals surface area contributed by atoms with Gasteiger partial charge in [-0.2, -0.15) is 0 Å². The number of nitrogens with zero attached hydrogens (tertiary/aromatic N) is 2. The number of para-hydroxylation sites is 1. The van der Waals surface area contributed by atoms with E-state index in [1.807, 2.05) is 11.1 Å². The van der Waals surface area contributed by atoms with Gasteiger partial charge in [-0.15, -0.1) is 0 Å². The topological polar surface area (TPSA) is 23.6 Å². The van der Waals surface area contributed by atoms with E-state index in [4.69, 9.17) is 0 Å². The Hall–Kier alpha value is -2.55. The Morgan fingerprint density at radius 2 is 1.83 bits per heavy atom. The molecule has 2 aliphatic heterocycles. The minimum Gasteiger partial charge on any atom is -0.281 e. The van der Waals surface area contributed by atoms with Crippen molar-refractivity contribution in [3.8, 4) is 0 Å². The van der Waals surface area contributed by atoms with Crippen molar-refractivity contribution < 1.29 is 4.79 Å². The second kappa shape index (κ2) is 5.23. The van der Waals surface area contributed by atoms with Crippen molar-refractivity contribution in [2.24, 2.45) is 0 Å². The summed E-state index contributed by atoms with van der Waals surface area (Å²) >= 11 is 0. The summed E-state index contributed by atoms with van der Waals surface area (Å²) in [6, 6.07) is 17.0. The third-order valence-electron chi connectivity index (χ3n) is 4.86. The number of hydrogen-bond acceptors (Lipinski definition) is 2. The zero-order valence-corrected chi connectivity index (χ0v) is 14.4. The summed E-state index contributed by atoms with van der Waals surface area (Å²) in [6.07, 6.45) is 2.81. The molecule has 2 aromatic rings. The van der Waals surface area contributed by atoms with Crippen LogP contribution in [0.3, 0.4) is 0 Å². The van der Waals surface area contributed by atoms with Crippen LogP contribution in [-0.4, -0.2) is 23.0 Å².